The zero-order valence-corrected chi connectivity index (χ0v) is 9.97. The molecule has 0 radical (unpaired) electrons. The van der Waals surface area contributed by atoms with Crippen molar-refractivity contribution < 1.29 is 27.1 Å². The number of piperidine rings is 1. The topological polar surface area (TPSA) is 49.5 Å². The second-order valence-corrected chi connectivity index (χ2v) is 4.91. The van der Waals surface area contributed by atoms with Gasteiger partial charge in [-0.3, -0.25) is 4.90 Å². The number of hydrogen-bond acceptors (Lipinski definition) is 3. The van der Waals surface area contributed by atoms with Gasteiger partial charge in [-0.05, 0) is 19.8 Å². The van der Waals surface area contributed by atoms with Crippen molar-refractivity contribution in [1.29, 1.82) is 0 Å². The molecule has 1 heterocycles. The molecule has 8 heteroatoms. The lowest BCUT2D eigenvalue weighted by Gasteiger charge is -2.42. The van der Waals surface area contributed by atoms with Crippen molar-refractivity contribution >= 4 is 0 Å². The Balaban J connectivity index is 2.80. The van der Waals surface area contributed by atoms with E-state index in [1.807, 2.05) is 0 Å². The first-order valence-electron chi connectivity index (χ1n) is 5.62. The fraction of sp³-hybridized carbons (Fsp3) is 1.00. The lowest BCUT2D eigenvalue weighted by atomic mass is 9.92. The minimum Gasteiger partial charge on any atom is -0.390 e. The van der Waals surface area contributed by atoms with Crippen molar-refractivity contribution in [1.82, 2.24) is 4.90 Å². The van der Waals surface area contributed by atoms with Crippen molar-refractivity contribution in [2.45, 2.75) is 43.5 Å². The Labute approximate surface area is 102 Å². The molecule has 108 valence electrons. The summed E-state index contributed by atoms with van der Waals surface area (Å²) in [5.74, 6) is -4.84. The van der Waals surface area contributed by atoms with Crippen LogP contribution in [0.25, 0.3) is 0 Å². The summed E-state index contributed by atoms with van der Waals surface area (Å²) < 4.78 is 63.4. The van der Waals surface area contributed by atoms with Crippen LogP contribution < -0.4 is 5.73 Å². The molecular weight excluding hydrogens is 259 g/mol. The van der Waals surface area contributed by atoms with Gasteiger partial charge in [0.25, 0.3) is 0 Å². The lowest BCUT2D eigenvalue weighted by Crippen LogP contribution is -2.61. The number of hydrogen-bond donors (Lipinski definition) is 2. The molecule has 0 aromatic heterocycles. The van der Waals surface area contributed by atoms with Crippen LogP contribution in [0.5, 0.6) is 0 Å². The quantitative estimate of drug-likeness (QED) is 0.765. The zero-order valence-electron chi connectivity index (χ0n) is 9.97. The van der Waals surface area contributed by atoms with Gasteiger partial charge in [0.1, 0.15) is 0 Å². The van der Waals surface area contributed by atoms with E-state index in [0.29, 0.717) is 0 Å². The smallest absolute Gasteiger partial charge is 0.390 e. The molecule has 1 unspecified atom stereocenters. The van der Waals surface area contributed by atoms with Crippen molar-refractivity contribution in [3.05, 3.63) is 0 Å². The molecular formula is C10H17F5N2O. The predicted octanol–water partition coefficient (Wildman–Crippen LogP) is 1.36. The number of rotatable bonds is 3. The van der Waals surface area contributed by atoms with E-state index in [-0.39, 0.29) is 25.9 Å². The molecule has 0 aromatic rings. The Morgan fingerprint density at radius 1 is 1.22 bits per heavy atom. The fourth-order valence-electron chi connectivity index (χ4n) is 2.03. The van der Waals surface area contributed by atoms with Crippen LogP contribution in [0.4, 0.5) is 22.0 Å². The molecule has 0 aromatic carbocycles. The van der Waals surface area contributed by atoms with Crippen LogP contribution in [-0.2, 0) is 0 Å². The summed E-state index contributed by atoms with van der Waals surface area (Å²) in [5.41, 5.74) is 4.06. The van der Waals surface area contributed by atoms with Crippen LogP contribution in [0, 0.1) is 0 Å². The molecule has 0 bridgehead atoms. The molecule has 0 spiro atoms. The van der Waals surface area contributed by atoms with Gasteiger partial charge in [0.2, 0.25) is 0 Å². The Bertz CT molecular complexity index is 282. The van der Waals surface area contributed by atoms with E-state index in [9.17, 15) is 27.1 Å². The van der Waals surface area contributed by atoms with Crippen LogP contribution in [0.2, 0.25) is 0 Å². The van der Waals surface area contributed by atoms with E-state index in [0.717, 1.165) is 4.90 Å². The van der Waals surface area contributed by atoms with Gasteiger partial charge in [-0.1, -0.05) is 0 Å². The van der Waals surface area contributed by atoms with Gasteiger partial charge in [0, 0.05) is 19.6 Å². The molecule has 1 rings (SSSR count). The summed E-state index contributed by atoms with van der Waals surface area (Å²) in [6.07, 6.45) is -5.31. The van der Waals surface area contributed by atoms with Gasteiger partial charge in [0.05, 0.1) is 11.6 Å². The van der Waals surface area contributed by atoms with Crippen LogP contribution in [0.3, 0.4) is 0 Å². The molecule has 3 N–H and O–H groups in total. The summed E-state index contributed by atoms with van der Waals surface area (Å²) in [4.78, 5) is 1.01. The summed E-state index contributed by atoms with van der Waals surface area (Å²) in [5, 5.41) is 9.64. The highest BCUT2D eigenvalue weighted by molar-refractivity contribution is 4.95. The molecule has 1 fully saturated rings. The number of halogens is 5. The highest BCUT2D eigenvalue weighted by Crippen LogP contribution is 2.40. The van der Waals surface area contributed by atoms with E-state index in [1.165, 1.54) is 6.92 Å². The van der Waals surface area contributed by atoms with Crippen LogP contribution in [-0.4, -0.2) is 53.4 Å². The van der Waals surface area contributed by atoms with Gasteiger partial charge < -0.3 is 10.8 Å². The Kier molecular flexibility index (Phi) is 4.24. The van der Waals surface area contributed by atoms with E-state index < -0.39 is 30.3 Å². The monoisotopic (exact) mass is 276 g/mol. The number of alkyl halides is 5. The molecule has 1 saturated heterocycles. The fourth-order valence-corrected chi connectivity index (χ4v) is 2.03. The van der Waals surface area contributed by atoms with Gasteiger partial charge in [0.15, 0.2) is 0 Å². The molecule has 1 atom stereocenters. The first-order valence-corrected chi connectivity index (χ1v) is 5.62. The minimum atomic E-state index is -5.61. The van der Waals surface area contributed by atoms with E-state index in [4.69, 9.17) is 5.73 Å². The second kappa shape index (κ2) is 4.90. The Morgan fingerprint density at radius 2 is 1.67 bits per heavy atom. The predicted molar refractivity (Wildman–Crippen MR) is 55.3 cm³/mol. The van der Waals surface area contributed by atoms with E-state index in [2.05, 4.69) is 0 Å². The number of aliphatic hydroxyl groups is 1. The molecule has 0 saturated carbocycles. The summed E-state index contributed by atoms with van der Waals surface area (Å²) in [6, 6.07) is -2.08. The Hall–Kier alpha value is -0.470. The van der Waals surface area contributed by atoms with Crippen molar-refractivity contribution in [2.24, 2.45) is 5.73 Å². The molecule has 3 nitrogen and oxygen atoms in total. The third kappa shape index (κ3) is 3.10. The molecule has 0 aliphatic carbocycles. The maximum atomic E-state index is 13.3. The molecule has 1 aliphatic rings. The standard InChI is InChI=1S/C10H17F5N2O/c1-8(18)2-4-17(5-3-8)7(6-16)9(11,12)10(13,14)15/h7,18H,2-6,16H2,1H3. The Morgan fingerprint density at radius 3 is 2.00 bits per heavy atom. The normalized spacial score (nSPS) is 24.0. The second-order valence-electron chi connectivity index (χ2n) is 4.91. The molecule has 0 amide bonds. The van der Waals surface area contributed by atoms with E-state index >= 15 is 0 Å². The van der Waals surface area contributed by atoms with Gasteiger partial charge >= 0.3 is 12.1 Å². The summed E-state index contributed by atoms with van der Waals surface area (Å²) in [7, 11) is 0. The number of nitrogens with zero attached hydrogens (tertiary/aromatic N) is 1. The molecule has 1 aliphatic heterocycles. The van der Waals surface area contributed by atoms with E-state index in [1.54, 1.807) is 0 Å². The van der Waals surface area contributed by atoms with Crippen LogP contribution in [0.15, 0.2) is 0 Å². The van der Waals surface area contributed by atoms with Crippen molar-refractivity contribution in [3.8, 4) is 0 Å². The van der Waals surface area contributed by atoms with Gasteiger partial charge in [-0.2, -0.15) is 22.0 Å². The third-order valence-corrected chi connectivity index (χ3v) is 3.34. The third-order valence-electron chi connectivity index (χ3n) is 3.34. The van der Waals surface area contributed by atoms with Crippen LogP contribution in [0.1, 0.15) is 19.8 Å². The lowest BCUT2D eigenvalue weighted by molar-refractivity contribution is -0.303. The SMILES string of the molecule is CC1(O)CCN(C(CN)C(F)(F)C(F)(F)F)CC1. The zero-order chi connectivity index (χ0) is 14.2. The maximum Gasteiger partial charge on any atom is 0.455 e. The molecule has 18 heavy (non-hydrogen) atoms. The first-order chi connectivity index (χ1) is 8.01. The highest BCUT2D eigenvalue weighted by atomic mass is 19.4. The minimum absolute atomic E-state index is 0.0272. The number of nitrogens with two attached hydrogens (primary N) is 1. The summed E-state index contributed by atoms with van der Waals surface area (Å²) in [6.45, 7) is 0.694. The van der Waals surface area contributed by atoms with Crippen molar-refractivity contribution in [3.63, 3.8) is 0 Å². The average molecular weight is 276 g/mol. The summed E-state index contributed by atoms with van der Waals surface area (Å²) >= 11 is 0. The number of likely N-dealkylation sites (tertiary alicyclic amines) is 1. The van der Waals surface area contributed by atoms with Gasteiger partial charge in [-0.25, -0.2) is 0 Å². The van der Waals surface area contributed by atoms with Crippen molar-refractivity contribution in [2.75, 3.05) is 19.6 Å². The highest BCUT2D eigenvalue weighted by Gasteiger charge is 2.63. The first kappa shape index (κ1) is 15.6. The average Bonchev–Trinajstić information content (AvgIpc) is 2.19. The maximum absolute atomic E-state index is 13.3. The van der Waals surface area contributed by atoms with Crippen LogP contribution >= 0.6 is 0 Å². The van der Waals surface area contributed by atoms with Gasteiger partial charge in [-0.15, -0.1) is 0 Å². The largest absolute Gasteiger partial charge is 0.455 e.